The molecule has 0 bridgehead atoms. The lowest BCUT2D eigenvalue weighted by Crippen LogP contribution is -2.26. The number of thiazole rings is 1. The molecule has 1 atom stereocenters. The number of methoxy groups -OCH3 is 1. The van der Waals surface area contributed by atoms with Crippen LogP contribution in [0.25, 0.3) is 0 Å². The van der Waals surface area contributed by atoms with Crippen LogP contribution in [0, 0.1) is 12.8 Å². The largest absolute Gasteiger partial charge is 0.469 e. The number of ether oxygens (including phenoxy) is 1. The van der Waals surface area contributed by atoms with E-state index in [1.807, 2.05) is 12.3 Å². The molecular weight excluding hydrogens is 228 g/mol. The van der Waals surface area contributed by atoms with Crippen molar-refractivity contribution in [2.75, 3.05) is 18.6 Å². The van der Waals surface area contributed by atoms with Gasteiger partial charge in [-0.25, -0.2) is 4.98 Å². The third-order valence-corrected chi connectivity index (χ3v) is 3.48. The van der Waals surface area contributed by atoms with Crippen molar-refractivity contribution in [3.05, 3.63) is 11.1 Å². The molecule has 1 aliphatic rings. The third kappa shape index (κ3) is 1.92. The number of anilines is 1. The van der Waals surface area contributed by atoms with Crippen LogP contribution >= 0.6 is 11.3 Å². The fourth-order valence-corrected chi connectivity index (χ4v) is 2.51. The molecule has 0 spiro atoms. The molecule has 1 amide bonds. The van der Waals surface area contributed by atoms with Crippen molar-refractivity contribution in [2.45, 2.75) is 13.3 Å². The fourth-order valence-electron chi connectivity index (χ4n) is 1.68. The van der Waals surface area contributed by atoms with Crippen LogP contribution in [0.15, 0.2) is 5.38 Å². The maximum atomic E-state index is 11.7. The van der Waals surface area contributed by atoms with Crippen LogP contribution in [0.2, 0.25) is 0 Å². The quantitative estimate of drug-likeness (QED) is 0.723. The van der Waals surface area contributed by atoms with Gasteiger partial charge in [0.05, 0.1) is 18.7 Å². The number of hydrogen-bond acceptors (Lipinski definition) is 5. The van der Waals surface area contributed by atoms with Gasteiger partial charge >= 0.3 is 5.97 Å². The lowest BCUT2D eigenvalue weighted by Gasteiger charge is -2.11. The molecule has 1 saturated heterocycles. The summed E-state index contributed by atoms with van der Waals surface area (Å²) >= 11 is 1.41. The van der Waals surface area contributed by atoms with Crippen LogP contribution in [-0.4, -0.2) is 30.5 Å². The first kappa shape index (κ1) is 11.1. The van der Waals surface area contributed by atoms with Gasteiger partial charge in [-0.05, 0) is 6.92 Å². The van der Waals surface area contributed by atoms with Crippen molar-refractivity contribution < 1.29 is 14.3 Å². The van der Waals surface area contributed by atoms with Gasteiger partial charge in [0.2, 0.25) is 5.91 Å². The number of rotatable bonds is 2. The molecule has 6 heteroatoms. The monoisotopic (exact) mass is 240 g/mol. The second kappa shape index (κ2) is 4.21. The number of aryl methyl sites for hydroxylation is 1. The molecule has 5 nitrogen and oxygen atoms in total. The SMILES string of the molecule is COC(=O)C1CC(=O)N(c2nc(C)cs2)C1. The van der Waals surface area contributed by atoms with Gasteiger partial charge in [-0.2, -0.15) is 0 Å². The number of carbonyl (C=O) groups is 2. The van der Waals surface area contributed by atoms with Crippen LogP contribution in [0.4, 0.5) is 5.13 Å². The summed E-state index contributed by atoms with van der Waals surface area (Å²) in [6.45, 7) is 2.25. The number of nitrogens with zero attached hydrogens (tertiary/aromatic N) is 2. The van der Waals surface area contributed by atoms with Gasteiger partial charge in [-0.3, -0.25) is 14.5 Å². The second-order valence-corrected chi connectivity index (χ2v) is 4.54. The normalized spacial score (nSPS) is 20.2. The van der Waals surface area contributed by atoms with Crippen molar-refractivity contribution in [1.82, 2.24) is 4.98 Å². The number of carbonyl (C=O) groups excluding carboxylic acids is 2. The summed E-state index contributed by atoms with van der Waals surface area (Å²) < 4.78 is 4.64. The Morgan fingerprint density at radius 2 is 2.44 bits per heavy atom. The Balaban J connectivity index is 2.14. The highest BCUT2D eigenvalue weighted by atomic mass is 32.1. The average Bonchev–Trinajstić information content (AvgIpc) is 2.83. The molecule has 86 valence electrons. The van der Waals surface area contributed by atoms with Crippen molar-refractivity contribution in [1.29, 1.82) is 0 Å². The molecule has 0 N–H and O–H groups in total. The molecule has 1 aliphatic heterocycles. The average molecular weight is 240 g/mol. The summed E-state index contributed by atoms with van der Waals surface area (Å²) in [5.41, 5.74) is 0.884. The lowest BCUT2D eigenvalue weighted by molar-refractivity contribution is -0.145. The van der Waals surface area contributed by atoms with Crippen LogP contribution < -0.4 is 4.90 Å². The number of hydrogen-bond donors (Lipinski definition) is 0. The van der Waals surface area contributed by atoms with Gasteiger partial charge in [0.1, 0.15) is 0 Å². The third-order valence-electron chi connectivity index (χ3n) is 2.50. The van der Waals surface area contributed by atoms with E-state index < -0.39 is 0 Å². The summed E-state index contributed by atoms with van der Waals surface area (Å²) in [6, 6.07) is 0. The predicted octanol–water partition coefficient (Wildman–Crippen LogP) is 0.977. The standard InChI is InChI=1S/C10H12N2O3S/c1-6-5-16-10(11-6)12-4-7(3-8(12)13)9(14)15-2/h5,7H,3-4H2,1-2H3. The Labute approximate surface area is 97.0 Å². The summed E-state index contributed by atoms with van der Waals surface area (Å²) in [5, 5.41) is 2.54. The molecule has 0 aromatic carbocycles. The summed E-state index contributed by atoms with van der Waals surface area (Å²) in [5.74, 6) is -0.754. The van der Waals surface area contributed by atoms with E-state index in [0.717, 1.165) is 5.69 Å². The minimum absolute atomic E-state index is 0.0650. The minimum atomic E-state index is -0.360. The minimum Gasteiger partial charge on any atom is -0.469 e. The molecule has 2 rings (SSSR count). The lowest BCUT2D eigenvalue weighted by atomic mass is 10.1. The molecule has 1 aromatic rings. The first-order valence-corrected chi connectivity index (χ1v) is 5.80. The Bertz CT molecular complexity index is 429. The zero-order valence-electron chi connectivity index (χ0n) is 9.10. The number of esters is 1. The van der Waals surface area contributed by atoms with Crippen molar-refractivity contribution in [3.63, 3.8) is 0 Å². The smallest absolute Gasteiger partial charge is 0.311 e. The molecule has 1 unspecified atom stereocenters. The van der Waals surface area contributed by atoms with Gasteiger partial charge in [-0.15, -0.1) is 11.3 Å². The topological polar surface area (TPSA) is 59.5 Å². The highest BCUT2D eigenvalue weighted by molar-refractivity contribution is 7.14. The molecule has 2 heterocycles. The molecule has 0 radical (unpaired) electrons. The first-order valence-electron chi connectivity index (χ1n) is 4.92. The Morgan fingerprint density at radius 1 is 1.69 bits per heavy atom. The van der Waals surface area contributed by atoms with Crippen molar-refractivity contribution >= 4 is 28.3 Å². The number of amides is 1. The van der Waals surface area contributed by atoms with E-state index in [9.17, 15) is 9.59 Å². The van der Waals surface area contributed by atoms with E-state index in [1.165, 1.54) is 18.4 Å². The van der Waals surface area contributed by atoms with Gasteiger partial charge in [0, 0.05) is 18.3 Å². The van der Waals surface area contributed by atoms with E-state index in [2.05, 4.69) is 9.72 Å². The van der Waals surface area contributed by atoms with Gasteiger partial charge in [0.25, 0.3) is 0 Å². The Kier molecular flexibility index (Phi) is 2.91. The second-order valence-electron chi connectivity index (χ2n) is 3.70. The maximum Gasteiger partial charge on any atom is 0.311 e. The zero-order chi connectivity index (χ0) is 11.7. The molecule has 16 heavy (non-hydrogen) atoms. The predicted molar refractivity (Wildman–Crippen MR) is 59.3 cm³/mol. The zero-order valence-corrected chi connectivity index (χ0v) is 9.91. The molecular formula is C10H12N2O3S. The first-order chi connectivity index (χ1) is 7.61. The molecule has 0 saturated carbocycles. The van der Waals surface area contributed by atoms with Crippen LogP contribution in [0.3, 0.4) is 0 Å². The summed E-state index contributed by atoms with van der Waals surface area (Å²) in [4.78, 5) is 28.8. The Morgan fingerprint density at radius 3 is 3.00 bits per heavy atom. The molecule has 1 fully saturated rings. The van der Waals surface area contributed by atoms with Crippen LogP contribution in [0.5, 0.6) is 0 Å². The fraction of sp³-hybridized carbons (Fsp3) is 0.500. The van der Waals surface area contributed by atoms with Crippen molar-refractivity contribution in [3.8, 4) is 0 Å². The van der Waals surface area contributed by atoms with Crippen LogP contribution in [-0.2, 0) is 14.3 Å². The van der Waals surface area contributed by atoms with Gasteiger partial charge < -0.3 is 4.74 Å². The van der Waals surface area contributed by atoms with E-state index in [1.54, 1.807) is 4.90 Å². The van der Waals surface area contributed by atoms with E-state index in [0.29, 0.717) is 11.7 Å². The molecule has 1 aromatic heterocycles. The van der Waals surface area contributed by atoms with Crippen LogP contribution in [0.1, 0.15) is 12.1 Å². The van der Waals surface area contributed by atoms with Crippen molar-refractivity contribution in [2.24, 2.45) is 5.92 Å². The Hall–Kier alpha value is -1.43. The highest BCUT2D eigenvalue weighted by Crippen LogP contribution is 2.28. The summed E-state index contributed by atoms with van der Waals surface area (Å²) in [6.07, 6.45) is 0.214. The van der Waals surface area contributed by atoms with E-state index in [-0.39, 0.29) is 24.2 Å². The number of aromatic nitrogens is 1. The maximum absolute atomic E-state index is 11.7. The van der Waals surface area contributed by atoms with Gasteiger partial charge in [0.15, 0.2) is 5.13 Å². The van der Waals surface area contributed by atoms with E-state index >= 15 is 0 Å². The summed E-state index contributed by atoms with van der Waals surface area (Å²) in [7, 11) is 1.34. The highest BCUT2D eigenvalue weighted by Gasteiger charge is 2.36. The van der Waals surface area contributed by atoms with Gasteiger partial charge in [-0.1, -0.05) is 0 Å². The molecule has 0 aliphatic carbocycles. The van der Waals surface area contributed by atoms with E-state index in [4.69, 9.17) is 0 Å².